The van der Waals surface area contributed by atoms with Crippen molar-refractivity contribution in [3.8, 4) is 11.5 Å². The Morgan fingerprint density at radius 2 is 2.04 bits per heavy atom. The molecular weight excluding hydrogens is 354 g/mol. The average molecular weight is 373 g/mol. The van der Waals surface area contributed by atoms with Gasteiger partial charge in [-0.2, -0.15) is 4.72 Å². The van der Waals surface area contributed by atoms with Crippen LogP contribution in [0.5, 0.6) is 11.5 Å². The summed E-state index contributed by atoms with van der Waals surface area (Å²) in [4.78, 5) is 14.0. The topological polar surface area (TPSA) is 87.7 Å². The van der Waals surface area contributed by atoms with Crippen LogP contribution in [0.1, 0.15) is 23.2 Å². The van der Waals surface area contributed by atoms with E-state index in [-0.39, 0.29) is 17.0 Å². The molecule has 1 atom stereocenters. The van der Waals surface area contributed by atoms with Gasteiger partial charge >= 0.3 is 0 Å². The number of sulfonamides is 1. The summed E-state index contributed by atoms with van der Waals surface area (Å²) in [5, 5.41) is 2.56. The zero-order valence-electron chi connectivity index (χ0n) is 14.2. The van der Waals surface area contributed by atoms with E-state index in [1.807, 2.05) is 0 Å². The van der Waals surface area contributed by atoms with Crippen molar-refractivity contribution in [2.75, 3.05) is 18.5 Å². The lowest BCUT2D eigenvalue weighted by Gasteiger charge is -2.33. The summed E-state index contributed by atoms with van der Waals surface area (Å²) < 4.78 is 33.6. The van der Waals surface area contributed by atoms with Crippen LogP contribution in [0.25, 0.3) is 0 Å². The molecule has 26 heavy (non-hydrogen) atoms. The number of nitrogens with one attached hydrogen (secondary N) is 2. The highest BCUT2D eigenvalue weighted by Crippen LogP contribution is 2.38. The number of carbonyl (C=O) groups is 1. The summed E-state index contributed by atoms with van der Waals surface area (Å²) >= 11 is 0. The van der Waals surface area contributed by atoms with E-state index in [4.69, 9.17) is 4.74 Å². The van der Waals surface area contributed by atoms with Crippen LogP contribution in [0, 0.1) is 0 Å². The summed E-state index contributed by atoms with van der Waals surface area (Å²) in [6.07, 6.45) is 1.60. The molecule has 136 valence electrons. The number of amides is 1. The zero-order chi connectivity index (χ0) is 18.3. The van der Waals surface area contributed by atoms with Crippen molar-refractivity contribution < 1.29 is 17.9 Å². The van der Waals surface area contributed by atoms with Gasteiger partial charge in [-0.15, -0.1) is 0 Å². The van der Waals surface area contributed by atoms with Crippen molar-refractivity contribution in [1.82, 2.24) is 10.0 Å². The molecule has 1 fully saturated rings. The van der Waals surface area contributed by atoms with Crippen LogP contribution < -0.4 is 19.7 Å². The van der Waals surface area contributed by atoms with Crippen molar-refractivity contribution in [1.29, 1.82) is 0 Å². The first-order valence-corrected chi connectivity index (χ1v) is 9.89. The predicted octanol–water partition coefficient (Wildman–Crippen LogP) is 2.06. The molecule has 0 spiro atoms. The predicted molar refractivity (Wildman–Crippen MR) is 97.0 cm³/mol. The lowest BCUT2D eigenvalue weighted by molar-refractivity contribution is 0.0962. The second kappa shape index (κ2) is 6.30. The number of anilines is 1. The summed E-state index contributed by atoms with van der Waals surface area (Å²) in [5.74, 6) is 0.653. The number of hydrogen-bond donors (Lipinski definition) is 2. The van der Waals surface area contributed by atoms with Crippen molar-refractivity contribution >= 4 is 21.6 Å². The van der Waals surface area contributed by atoms with E-state index in [2.05, 4.69) is 14.9 Å². The van der Waals surface area contributed by atoms with Gasteiger partial charge in [0.1, 0.15) is 16.4 Å². The highest BCUT2D eigenvalue weighted by molar-refractivity contribution is 7.89. The van der Waals surface area contributed by atoms with Gasteiger partial charge in [0.05, 0.1) is 11.9 Å². The maximum absolute atomic E-state index is 12.6. The molecule has 7 nitrogen and oxygen atoms in total. The highest BCUT2D eigenvalue weighted by Gasteiger charge is 2.37. The van der Waals surface area contributed by atoms with Crippen molar-refractivity contribution in [3.63, 3.8) is 0 Å². The van der Waals surface area contributed by atoms with Gasteiger partial charge in [-0.05, 0) is 43.2 Å². The molecule has 2 aliphatic rings. The van der Waals surface area contributed by atoms with Crippen LogP contribution in [0.2, 0.25) is 0 Å². The number of rotatable bonds is 3. The SMILES string of the molecule is CNC(=O)c1cccc(Oc2ccc3c(c2)S(=O)(=O)NC2CCCN32)c1. The van der Waals surface area contributed by atoms with Crippen LogP contribution in [0.15, 0.2) is 47.4 Å². The van der Waals surface area contributed by atoms with Crippen molar-refractivity contribution in [2.24, 2.45) is 0 Å². The van der Waals surface area contributed by atoms with E-state index >= 15 is 0 Å². The van der Waals surface area contributed by atoms with E-state index in [0.717, 1.165) is 19.4 Å². The van der Waals surface area contributed by atoms with Gasteiger partial charge in [0.25, 0.3) is 5.91 Å². The molecule has 0 radical (unpaired) electrons. The van der Waals surface area contributed by atoms with Crippen LogP contribution in [0.3, 0.4) is 0 Å². The van der Waals surface area contributed by atoms with E-state index in [9.17, 15) is 13.2 Å². The van der Waals surface area contributed by atoms with Crippen LogP contribution in [-0.4, -0.2) is 34.1 Å². The second-order valence-electron chi connectivity index (χ2n) is 6.31. The molecule has 4 rings (SSSR count). The van der Waals surface area contributed by atoms with Gasteiger partial charge in [0.2, 0.25) is 10.0 Å². The minimum Gasteiger partial charge on any atom is -0.457 e. The van der Waals surface area contributed by atoms with Crippen molar-refractivity contribution in [2.45, 2.75) is 23.9 Å². The Morgan fingerprint density at radius 1 is 1.23 bits per heavy atom. The standard InChI is InChI=1S/C18H19N3O4S/c1-19-18(22)12-4-2-5-13(10-12)25-14-7-8-15-16(11-14)26(23,24)20-17-6-3-9-21(15)17/h2,4-5,7-8,10-11,17,20H,3,6,9H2,1H3,(H,19,22). The smallest absolute Gasteiger partial charge is 0.251 e. The van der Waals surface area contributed by atoms with Gasteiger partial charge in [-0.25, -0.2) is 8.42 Å². The van der Waals surface area contributed by atoms with E-state index in [1.165, 1.54) is 6.07 Å². The number of nitrogens with zero attached hydrogens (tertiary/aromatic N) is 1. The molecule has 8 heteroatoms. The molecular formula is C18H19N3O4S. The van der Waals surface area contributed by atoms with Gasteiger partial charge in [-0.1, -0.05) is 6.07 Å². The van der Waals surface area contributed by atoms with E-state index in [1.54, 1.807) is 43.4 Å². The fourth-order valence-electron chi connectivity index (χ4n) is 3.41. The van der Waals surface area contributed by atoms with Gasteiger partial charge in [-0.3, -0.25) is 4.79 Å². The normalized spacial score (nSPS) is 20.2. The minimum absolute atomic E-state index is 0.163. The number of benzene rings is 2. The Balaban J connectivity index is 1.67. The largest absolute Gasteiger partial charge is 0.457 e. The highest BCUT2D eigenvalue weighted by atomic mass is 32.2. The summed E-state index contributed by atoms with van der Waals surface area (Å²) in [7, 11) is -2.01. The number of fused-ring (bicyclic) bond motifs is 3. The monoisotopic (exact) mass is 373 g/mol. The molecule has 2 aromatic rings. The maximum atomic E-state index is 12.6. The molecule has 2 N–H and O–H groups in total. The third-order valence-electron chi connectivity index (χ3n) is 4.63. The Hall–Kier alpha value is -2.58. The fourth-order valence-corrected chi connectivity index (χ4v) is 4.87. The number of hydrogen-bond acceptors (Lipinski definition) is 5. The summed E-state index contributed by atoms with van der Waals surface area (Å²) in [6.45, 7) is 0.828. The Kier molecular flexibility index (Phi) is 4.08. The number of ether oxygens (including phenoxy) is 1. The molecule has 0 saturated carbocycles. The number of carbonyl (C=O) groups excluding carboxylic acids is 1. The third kappa shape index (κ3) is 2.91. The first kappa shape index (κ1) is 16.9. The molecule has 0 bridgehead atoms. The molecule has 0 aliphatic carbocycles. The maximum Gasteiger partial charge on any atom is 0.251 e. The Bertz CT molecular complexity index is 974. The average Bonchev–Trinajstić information content (AvgIpc) is 3.09. The fraction of sp³-hybridized carbons (Fsp3) is 0.278. The first-order chi connectivity index (χ1) is 12.5. The van der Waals surface area contributed by atoms with E-state index in [0.29, 0.717) is 22.7 Å². The molecule has 1 amide bonds. The van der Waals surface area contributed by atoms with Crippen molar-refractivity contribution in [3.05, 3.63) is 48.0 Å². The van der Waals surface area contributed by atoms with Gasteiger partial charge in [0, 0.05) is 25.2 Å². The van der Waals surface area contributed by atoms with Crippen LogP contribution in [0.4, 0.5) is 5.69 Å². The molecule has 2 aliphatic heterocycles. The Morgan fingerprint density at radius 3 is 2.85 bits per heavy atom. The second-order valence-corrected chi connectivity index (χ2v) is 7.99. The molecule has 0 aromatic heterocycles. The molecule has 2 aromatic carbocycles. The zero-order valence-corrected chi connectivity index (χ0v) is 15.0. The molecule has 1 unspecified atom stereocenters. The lowest BCUT2D eigenvalue weighted by Crippen LogP contribution is -2.48. The first-order valence-electron chi connectivity index (χ1n) is 8.41. The van der Waals surface area contributed by atoms with Crippen LogP contribution >= 0.6 is 0 Å². The quantitative estimate of drug-likeness (QED) is 0.860. The summed E-state index contributed by atoms with van der Waals surface area (Å²) in [6, 6.07) is 11.8. The Labute approximate surface area is 152 Å². The van der Waals surface area contributed by atoms with E-state index < -0.39 is 10.0 Å². The molecule has 2 heterocycles. The summed E-state index contributed by atoms with van der Waals surface area (Å²) in [5.41, 5.74) is 1.18. The van der Waals surface area contributed by atoms with Gasteiger partial charge in [0.15, 0.2) is 0 Å². The van der Waals surface area contributed by atoms with Gasteiger partial charge < -0.3 is 15.0 Å². The minimum atomic E-state index is -3.57. The third-order valence-corrected chi connectivity index (χ3v) is 6.12. The lowest BCUT2D eigenvalue weighted by atomic mass is 10.2. The molecule has 1 saturated heterocycles. The van der Waals surface area contributed by atoms with Crippen LogP contribution in [-0.2, 0) is 10.0 Å².